The van der Waals surface area contributed by atoms with E-state index in [-0.39, 0.29) is 0 Å². The van der Waals surface area contributed by atoms with E-state index in [4.69, 9.17) is 5.73 Å². The smallest absolute Gasteiger partial charge is 0.0897 e. The summed E-state index contributed by atoms with van der Waals surface area (Å²) in [5, 5.41) is 3.28. The molecule has 1 aromatic rings. The summed E-state index contributed by atoms with van der Waals surface area (Å²) in [4.78, 5) is 6.85. The number of hydrogen-bond donors (Lipinski definition) is 1. The van der Waals surface area contributed by atoms with Crippen LogP contribution in [-0.2, 0) is 6.54 Å². The molecule has 86 valence electrons. The zero-order chi connectivity index (χ0) is 11.3. The second-order valence-corrected chi connectivity index (χ2v) is 5.34. The molecular weight excluding hydrogens is 206 g/mol. The summed E-state index contributed by atoms with van der Waals surface area (Å²) in [5.41, 5.74) is 6.78. The average molecular weight is 227 g/mol. The lowest BCUT2D eigenvalue weighted by Gasteiger charge is -2.22. The van der Waals surface area contributed by atoms with Gasteiger partial charge in [0.15, 0.2) is 0 Å². The molecular formula is C11H21N3S. The molecule has 0 aliphatic rings. The van der Waals surface area contributed by atoms with Gasteiger partial charge in [-0.3, -0.25) is 4.90 Å². The number of thiazole rings is 1. The Bertz CT molecular complexity index is 283. The van der Waals surface area contributed by atoms with Crippen molar-refractivity contribution in [3.63, 3.8) is 0 Å². The van der Waals surface area contributed by atoms with Gasteiger partial charge in [0.25, 0.3) is 0 Å². The molecule has 0 amide bonds. The van der Waals surface area contributed by atoms with E-state index in [1.54, 1.807) is 11.3 Å². The van der Waals surface area contributed by atoms with Gasteiger partial charge in [0.1, 0.15) is 0 Å². The van der Waals surface area contributed by atoms with Crippen LogP contribution in [0.5, 0.6) is 0 Å². The summed E-state index contributed by atoms with van der Waals surface area (Å²) in [6.45, 7) is 10.2. The van der Waals surface area contributed by atoms with Gasteiger partial charge in [-0.25, -0.2) is 4.98 Å². The molecule has 1 aromatic heterocycles. The van der Waals surface area contributed by atoms with Crippen molar-refractivity contribution < 1.29 is 0 Å². The topological polar surface area (TPSA) is 42.2 Å². The van der Waals surface area contributed by atoms with E-state index in [0.29, 0.717) is 5.92 Å². The van der Waals surface area contributed by atoms with Crippen LogP contribution in [0.1, 0.15) is 24.5 Å². The number of nitrogens with two attached hydrogens (primary N) is 1. The molecule has 2 N–H and O–H groups in total. The van der Waals surface area contributed by atoms with E-state index in [1.807, 2.05) is 6.92 Å². The molecule has 15 heavy (non-hydrogen) atoms. The van der Waals surface area contributed by atoms with Gasteiger partial charge in [-0.1, -0.05) is 13.8 Å². The molecule has 0 atom stereocenters. The Balaban J connectivity index is 2.50. The van der Waals surface area contributed by atoms with E-state index in [0.717, 1.165) is 31.2 Å². The lowest BCUT2D eigenvalue weighted by molar-refractivity contribution is 0.240. The summed E-state index contributed by atoms with van der Waals surface area (Å²) in [6.07, 6.45) is 0. The van der Waals surface area contributed by atoms with Crippen molar-refractivity contribution in [1.29, 1.82) is 0 Å². The van der Waals surface area contributed by atoms with Crippen molar-refractivity contribution in [2.24, 2.45) is 11.7 Å². The minimum Gasteiger partial charge on any atom is -0.329 e. The van der Waals surface area contributed by atoms with Gasteiger partial charge < -0.3 is 5.73 Å². The molecule has 0 aliphatic carbocycles. The van der Waals surface area contributed by atoms with E-state index >= 15 is 0 Å². The fourth-order valence-electron chi connectivity index (χ4n) is 1.64. The number of nitrogens with zero attached hydrogens (tertiary/aromatic N) is 2. The van der Waals surface area contributed by atoms with E-state index in [9.17, 15) is 0 Å². The molecule has 0 fully saturated rings. The Morgan fingerprint density at radius 1 is 1.53 bits per heavy atom. The Morgan fingerprint density at radius 3 is 2.73 bits per heavy atom. The molecule has 0 saturated carbocycles. The SMILES string of the molecule is Cc1nc(CN(CCN)CC(C)C)cs1. The molecule has 1 rings (SSSR count). The highest BCUT2D eigenvalue weighted by Gasteiger charge is 2.08. The van der Waals surface area contributed by atoms with Crippen molar-refractivity contribution in [3.05, 3.63) is 16.1 Å². The number of rotatable bonds is 6. The molecule has 4 heteroatoms. The number of aryl methyl sites for hydroxylation is 1. The van der Waals surface area contributed by atoms with Crippen molar-refractivity contribution in [3.8, 4) is 0 Å². The Kier molecular flexibility index (Phi) is 5.22. The predicted molar refractivity (Wildman–Crippen MR) is 66.0 cm³/mol. The summed E-state index contributed by atoms with van der Waals surface area (Å²) >= 11 is 1.71. The Hall–Kier alpha value is -0.450. The fourth-order valence-corrected chi connectivity index (χ4v) is 2.25. The predicted octanol–water partition coefficient (Wildman–Crippen LogP) is 1.87. The second kappa shape index (κ2) is 6.20. The van der Waals surface area contributed by atoms with Crippen LogP contribution in [-0.4, -0.2) is 29.5 Å². The summed E-state index contributed by atoms with van der Waals surface area (Å²) in [5.74, 6) is 0.677. The standard InChI is InChI=1S/C11H21N3S/c1-9(2)6-14(5-4-12)7-11-8-15-10(3)13-11/h8-9H,4-7,12H2,1-3H3. The highest BCUT2D eigenvalue weighted by Crippen LogP contribution is 2.11. The Labute approximate surface area is 96.3 Å². The third kappa shape index (κ3) is 4.73. The van der Waals surface area contributed by atoms with Crippen LogP contribution in [0.4, 0.5) is 0 Å². The molecule has 1 heterocycles. The van der Waals surface area contributed by atoms with Crippen molar-refractivity contribution in [2.75, 3.05) is 19.6 Å². The second-order valence-electron chi connectivity index (χ2n) is 4.28. The zero-order valence-corrected chi connectivity index (χ0v) is 10.7. The maximum atomic E-state index is 5.60. The first-order valence-corrected chi connectivity index (χ1v) is 6.33. The third-order valence-corrected chi connectivity index (χ3v) is 2.94. The maximum Gasteiger partial charge on any atom is 0.0897 e. The lowest BCUT2D eigenvalue weighted by Crippen LogP contribution is -2.32. The lowest BCUT2D eigenvalue weighted by atomic mass is 10.2. The van der Waals surface area contributed by atoms with Crippen LogP contribution >= 0.6 is 11.3 Å². The normalized spacial score (nSPS) is 11.6. The highest BCUT2D eigenvalue weighted by molar-refractivity contribution is 7.09. The highest BCUT2D eigenvalue weighted by atomic mass is 32.1. The van der Waals surface area contributed by atoms with Crippen LogP contribution in [0.3, 0.4) is 0 Å². The summed E-state index contributed by atoms with van der Waals surface area (Å²) in [6, 6.07) is 0. The molecule has 0 spiro atoms. The molecule has 0 aromatic carbocycles. The maximum absolute atomic E-state index is 5.60. The number of hydrogen-bond acceptors (Lipinski definition) is 4. The van der Waals surface area contributed by atoms with Crippen molar-refractivity contribution >= 4 is 11.3 Å². The monoisotopic (exact) mass is 227 g/mol. The molecule has 0 bridgehead atoms. The average Bonchev–Trinajstić information content (AvgIpc) is 2.50. The summed E-state index contributed by atoms with van der Waals surface area (Å²) in [7, 11) is 0. The van der Waals surface area contributed by atoms with Crippen LogP contribution in [0.15, 0.2) is 5.38 Å². The van der Waals surface area contributed by atoms with Crippen molar-refractivity contribution in [1.82, 2.24) is 9.88 Å². The Morgan fingerprint density at radius 2 is 2.27 bits per heavy atom. The first-order chi connectivity index (χ1) is 7.11. The minimum absolute atomic E-state index is 0.677. The molecule has 0 radical (unpaired) electrons. The van der Waals surface area contributed by atoms with Crippen LogP contribution < -0.4 is 5.73 Å². The van der Waals surface area contributed by atoms with Crippen LogP contribution in [0.25, 0.3) is 0 Å². The first-order valence-electron chi connectivity index (χ1n) is 5.45. The van der Waals surface area contributed by atoms with Crippen molar-refractivity contribution in [2.45, 2.75) is 27.3 Å². The summed E-state index contributed by atoms with van der Waals surface area (Å²) < 4.78 is 0. The minimum atomic E-state index is 0.677. The van der Waals surface area contributed by atoms with Gasteiger partial charge in [-0.05, 0) is 12.8 Å². The van der Waals surface area contributed by atoms with Gasteiger partial charge >= 0.3 is 0 Å². The molecule has 3 nitrogen and oxygen atoms in total. The van der Waals surface area contributed by atoms with Gasteiger partial charge in [0.2, 0.25) is 0 Å². The zero-order valence-electron chi connectivity index (χ0n) is 9.86. The third-order valence-electron chi connectivity index (χ3n) is 2.12. The molecule has 0 saturated heterocycles. The largest absolute Gasteiger partial charge is 0.329 e. The number of aromatic nitrogens is 1. The van der Waals surface area contributed by atoms with Gasteiger partial charge in [0, 0.05) is 31.6 Å². The van der Waals surface area contributed by atoms with Gasteiger partial charge in [-0.2, -0.15) is 0 Å². The van der Waals surface area contributed by atoms with E-state index in [1.165, 1.54) is 5.69 Å². The quantitative estimate of drug-likeness (QED) is 0.806. The molecule has 0 unspecified atom stereocenters. The van der Waals surface area contributed by atoms with Gasteiger partial charge in [-0.15, -0.1) is 11.3 Å². The first kappa shape index (κ1) is 12.6. The van der Waals surface area contributed by atoms with Crippen LogP contribution in [0, 0.1) is 12.8 Å². The van der Waals surface area contributed by atoms with Gasteiger partial charge in [0.05, 0.1) is 10.7 Å². The van der Waals surface area contributed by atoms with Crippen LogP contribution in [0.2, 0.25) is 0 Å². The fraction of sp³-hybridized carbons (Fsp3) is 0.727. The van der Waals surface area contributed by atoms with E-state index < -0.39 is 0 Å². The van der Waals surface area contributed by atoms with E-state index in [2.05, 4.69) is 29.1 Å². The molecule has 0 aliphatic heterocycles.